The zero-order valence-electron chi connectivity index (χ0n) is 18.5. The first-order chi connectivity index (χ1) is 16.0. The number of hydrogen-bond acceptors (Lipinski definition) is 6. The van der Waals surface area contributed by atoms with Crippen molar-refractivity contribution in [3.63, 3.8) is 0 Å². The molecule has 7 nitrogen and oxygen atoms in total. The van der Waals surface area contributed by atoms with Crippen LogP contribution in [0.5, 0.6) is 5.75 Å². The molecule has 2 N–H and O–H groups in total. The lowest BCUT2D eigenvalue weighted by molar-refractivity contribution is -0.113. The molecule has 2 aromatic carbocycles. The molecule has 0 saturated heterocycles. The summed E-state index contributed by atoms with van der Waals surface area (Å²) in [6.45, 7) is 3.93. The summed E-state index contributed by atoms with van der Waals surface area (Å²) in [5, 5.41) is 13.1. The van der Waals surface area contributed by atoms with Gasteiger partial charge in [0.1, 0.15) is 11.8 Å². The largest absolute Gasteiger partial charge is 0.495 e. The van der Waals surface area contributed by atoms with E-state index in [4.69, 9.17) is 14.8 Å². The van der Waals surface area contributed by atoms with Gasteiger partial charge in [-0.25, -0.2) is 4.68 Å². The second-order valence-corrected chi connectivity index (χ2v) is 8.76. The van der Waals surface area contributed by atoms with Gasteiger partial charge in [0.25, 0.3) is 5.91 Å². The molecule has 5 rings (SSSR count). The highest BCUT2D eigenvalue weighted by Crippen LogP contribution is 2.38. The number of fused-ring (bicyclic) bond motifs is 1. The van der Waals surface area contributed by atoms with Gasteiger partial charge >= 0.3 is 0 Å². The third kappa shape index (κ3) is 3.89. The summed E-state index contributed by atoms with van der Waals surface area (Å²) >= 11 is 1.58. The average molecular weight is 458 g/mol. The van der Waals surface area contributed by atoms with Gasteiger partial charge in [-0.3, -0.25) is 4.79 Å². The lowest BCUT2D eigenvalue weighted by atomic mass is 9.94. The third-order valence-electron chi connectivity index (χ3n) is 5.55. The standard InChI is InChI=1S/C25H23N5O2S/c1-15-8-6-9-17(14-15)22-21(24(31)27-18-10-4-5-11-19(18)32-3)16(2)26-25-28-23(29-30(22)25)20-12-7-13-33-20/h4-14,22H,1-3H3,(H,27,31)(H,26,28,29)/t22-/m1/s1. The van der Waals surface area contributed by atoms with Crippen LogP contribution in [0.2, 0.25) is 0 Å². The predicted octanol–water partition coefficient (Wildman–Crippen LogP) is 5.25. The van der Waals surface area contributed by atoms with Crippen LogP contribution < -0.4 is 15.4 Å². The van der Waals surface area contributed by atoms with Crippen molar-refractivity contribution in [1.82, 2.24) is 14.8 Å². The van der Waals surface area contributed by atoms with Gasteiger partial charge in [0.15, 0.2) is 5.82 Å². The number of aromatic nitrogens is 3. The number of nitrogens with one attached hydrogen (secondary N) is 2. The number of allylic oxidation sites excluding steroid dienone is 1. The van der Waals surface area contributed by atoms with Gasteiger partial charge in [0.2, 0.25) is 5.95 Å². The molecule has 1 aliphatic heterocycles. The second kappa shape index (κ2) is 8.55. The highest BCUT2D eigenvalue weighted by atomic mass is 32.1. The van der Waals surface area contributed by atoms with Crippen molar-refractivity contribution >= 4 is 28.9 Å². The molecule has 1 atom stereocenters. The minimum absolute atomic E-state index is 0.227. The van der Waals surface area contributed by atoms with E-state index in [1.165, 1.54) is 0 Å². The second-order valence-electron chi connectivity index (χ2n) is 7.82. The molecule has 1 aliphatic rings. The van der Waals surface area contributed by atoms with Crippen molar-refractivity contribution in [2.75, 3.05) is 17.7 Å². The van der Waals surface area contributed by atoms with Crippen molar-refractivity contribution < 1.29 is 9.53 Å². The monoisotopic (exact) mass is 457 g/mol. The number of carbonyl (C=O) groups excluding carboxylic acids is 1. The Kier molecular flexibility index (Phi) is 5.43. The summed E-state index contributed by atoms with van der Waals surface area (Å²) in [5.74, 6) is 1.61. The van der Waals surface area contributed by atoms with Crippen LogP contribution in [0.1, 0.15) is 24.1 Å². The predicted molar refractivity (Wildman–Crippen MR) is 131 cm³/mol. The summed E-state index contributed by atoms with van der Waals surface area (Å²) < 4.78 is 7.22. The lowest BCUT2D eigenvalue weighted by Crippen LogP contribution is -2.31. The first kappa shape index (κ1) is 21.0. The van der Waals surface area contributed by atoms with E-state index in [0.29, 0.717) is 28.8 Å². The fourth-order valence-corrected chi connectivity index (χ4v) is 4.69. The van der Waals surface area contributed by atoms with Gasteiger partial charge in [0, 0.05) is 5.70 Å². The van der Waals surface area contributed by atoms with Crippen LogP contribution in [-0.2, 0) is 4.79 Å². The van der Waals surface area contributed by atoms with E-state index in [1.807, 2.05) is 73.8 Å². The van der Waals surface area contributed by atoms with Crippen LogP contribution in [0, 0.1) is 6.92 Å². The minimum Gasteiger partial charge on any atom is -0.495 e. The fourth-order valence-electron chi connectivity index (χ4n) is 4.04. The van der Waals surface area contributed by atoms with Gasteiger partial charge < -0.3 is 15.4 Å². The molecule has 166 valence electrons. The lowest BCUT2D eigenvalue weighted by Gasteiger charge is -2.29. The Morgan fingerprint density at radius 2 is 1.97 bits per heavy atom. The molecule has 0 saturated carbocycles. The quantitative estimate of drug-likeness (QED) is 0.428. The van der Waals surface area contributed by atoms with Crippen LogP contribution in [0.25, 0.3) is 10.7 Å². The summed E-state index contributed by atoms with van der Waals surface area (Å²) in [6.07, 6.45) is 0. The Bertz CT molecular complexity index is 1360. The van der Waals surface area contributed by atoms with Gasteiger partial charge in [-0.05, 0) is 43.0 Å². The normalized spacial score (nSPS) is 15.1. The molecular formula is C25H23N5O2S. The first-order valence-electron chi connectivity index (χ1n) is 10.5. The van der Waals surface area contributed by atoms with E-state index in [1.54, 1.807) is 23.1 Å². The number of para-hydroxylation sites is 2. The van der Waals surface area contributed by atoms with Gasteiger partial charge in [-0.15, -0.1) is 16.4 Å². The molecule has 1 amide bonds. The smallest absolute Gasteiger partial charge is 0.255 e. The fraction of sp³-hybridized carbons (Fsp3) is 0.160. The number of thiophene rings is 1. The molecule has 33 heavy (non-hydrogen) atoms. The Morgan fingerprint density at radius 1 is 1.12 bits per heavy atom. The van der Waals surface area contributed by atoms with Crippen LogP contribution in [0.4, 0.5) is 11.6 Å². The van der Waals surface area contributed by atoms with E-state index in [2.05, 4.69) is 16.7 Å². The van der Waals surface area contributed by atoms with Crippen molar-refractivity contribution in [2.45, 2.75) is 19.9 Å². The average Bonchev–Trinajstić information content (AvgIpc) is 3.48. The van der Waals surface area contributed by atoms with Crippen molar-refractivity contribution in [1.29, 1.82) is 0 Å². The minimum atomic E-state index is -0.433. The Morgan fingerprint density at radius 3 is 2.73 bits per heavy atom. The molecule has 2 aromatic heterocycles. The number of rotatable bonds is 5. The van der Waals surface area contributed by atoms with Gasteiger partial charge in [-0.1, -0.05) is 48.0 Å². The van der Waals surface area contributed by atoms with Crippen LogP contribution in [-0.4, -0.2) is 27.8 Å². The highest BCUT2D eigenvalue weighted by molar-refractivity contribution is 7.13. The SMILES string of the molecule is COc1ccccc1NC(=O)C1=C(C)Nc2nc(-c3cccs3)nn2[C@@H]1c1cccc(C)c1. The van der Waals surface area contributed by atoms with Crippen molar-refractivity contribution in [2.24, 2.45) is 0 Å². The van der Waals surface area contributed by atoms with E-state index < -0.39 is 6.04 Å². The number of benzene rings is 2. The highest BCUT2D eigenvalue weighted by Gasteiger charge is 2.34. The van der Waals surface area contributed by atoms with Crippen LogP contribution >= 0.6 is 11.3 Å². The van der Waals surface area contributed by atoms with Crippen LogP contribution in [0.15, 0.2) is 77.3 Å². The van der Waals surface area contributed by atoms with Gasteiger partial charge in [-0.2, -0.15) is 4.98 Å². The van der Waals surface area contributed by atoms with E-state index in [-0.39, 0.29) is 5.91 Å². The van der Waals surface area contributed by atoms with E-state index in [9.17, 15) is 4.79 Å². The molecule has 0 radical (unpaired) electrons. The van der Waals surface area contributed by atoms with E-state index in [0.717, 1.165) is 21.7 Å². The third-order valence-corrected chi connectivity index (χ3v) is 6.42. The van der Waals surface area contributed by atoms with Crippen molar-refractivity contribution in [3.05, 3.63) is 88.4 Å². The molecule has 0 spiro atoms. The number of anilines is 2. The number of amides is 1. The molecule has 0 fully saturated rings. The molecule has 0 bridgehead atoms. The molecule has 0 aliphatic carbocycles. The van der Waals surface area contributed by atoms with Crippen molar-refractivity contribution in [3.8, 4) is 16.5 Å². The first-order valence-corrected chi connectivity index (χ1v) is 11.4. The molecule has 8 heteroatoms. The Hall–Kier alpha value is -3.91. The van der Waals surface area contributed by atoms with Crippen LogP contribution in [0.3, 0.4) is 0 Å². The summed E-state index contributed by atoms with van der Waals surface area (Å²) in [5.41, 5.74) is 3.98. The zero-order valence-corrected chi connectivity index (χ0v) is 19.3. The number of aryl methyl sites for hydroxylation is 1. The summed E-state index contributed by atoms with van der Waals surface area (Å²) in [6, 6.07) is 19.0. The molecule has 0 unspecified atom stereocenters. The molecule has 3 heterocycles. The maximum Gasteiger partial charge on any atom is 0.255 e. The number of methoxy groups -OCH3 is 1. The van der Waals surface area contributed by atoms with Gasteiger partial charge in [0.05, 0.1) is 23.2 Å². The molecular weight excluding hydrogens is 434 g/mol. The number of ether oxygens (including phenoxy) is 1. The Balaban J connectivity index is 1.61. The zero-order chi connectivity index (χ0) is 22.9. The summed E-state index contributed by atoms with van der Waals surface area (Å²) in [4.78, 5) is 19.3. The maximum absolute atomic E-state index is 13.6. The Labute approximate surface area is 195 Å². The number of hydrogen-bond donors (Lipinski definition) is 2. The van der Waals surface area contributed by atoms with E-state index >= 15 is 0 Å². The number of carbonyl (C=O) groups is 1. The maximum atomic E-state index is 13.6. The topological polar surface area (TPSA) is 81.1 Å². The number of nitrogens with zero attached hydrogens (tertiary/aromatic N) is 3. The summed E-state index contributed by atoms with van der Waals surface area (Å²) in [7, 11) is 1.58. The molecule has 4 aromatic rings.